The highest BCUT2D eigenvalue weighted by Crippen LogP contribution is 2.32. The van der Waals surface area contributed by atoms with Crippen LogP contribution in [-0.4, -0.2) is 36.8 Å². The van der Waals surface area contributed by atoms with Gasteiger partial charge in [0.2, 0.25) is 0 Å². The molecule has 1 aliphatic rings. The summed E-state index contributed by atoms with van der Waals surface area (Å²) < 4.78 is 39.3. The Morgan fingerprint density at radius 3 is 2.40 bits per heavy atom. The van der Waals surface area contributed by atoms with E-state index in [1.165, 1.54) is 25.0 Å². The van der Waals surface area contributed by atoms with Crippen molar-refractivity contribution in [2.24, 2.45) is 0 Å². The lowest BCUT2D eigenvalue weighted by Crippen LogP contribution is -2.39. The number of alkyl halides is 3. The first kappa shape index (κ1) is 15.3. The third-order valence-electron chi connectivity index (χ3n) is 3.68. The van der Waals surface area contributed by atoms with Crippen molar-refractivity contribution >= 4 is 0 Å². The smallest absolute Gasteiger partial charge is 0.301 e. The van der Waals surface area contributed by atoms with E-state index in [1.807, 2.05) is 0 Å². The standard InChI is InChI=1S/C15H21F3N2/c1-2-20(13-8-9-13)11-10-19-14(15(16,17)18)12-6-4-3-5-7-12/h3-7,13-14,19H,2,8-11H2,1H3. The first-order chi connectivity index (χ1) is 9.52. The van der Waals surface area contributed by atoms with Crippen LogP contribution in [0.3, 0.4) is 0 Å². The van der Waals surface area contributed by atoms with Gasteiger partial charge in [0.1, 0.15) is 6.04 Å². The van der Waals surface area contributed by atoms with Crippen LogP contribution in [0.15, 0.2) is 30.3 Å². The van der Waals surface area contributed by atoms with Crippen LogP contribution in [0.1, 0.15) is 31.4 Å². The van der Waals surface area contributed by atoms with Crippen LogP contribution in [0.2, 0.25) is 0 Å². The van der Waals surface area contributed by atoms with E-state index in [9.17, 15) is 13.2 Å². The lowest BCUT2D eigenvalue weighted by Gasteiger charge is -2.25. The molecule has 0 heterocycles. The van der Waals surface area contributed by atoms with Gasteiger partial charge in [-0.1, -0.05) is 37.3 Å². The number of likely N-dealkylation sites (N-methyl/N-ethyl adjacent to an activating group) is 1. The fraction of sp³-hybridized carbons (Fsp3) is 0.600. The molecule has 0 spiro atoms. The van der Waals surface area contributed by atoms with Gasteiger partial charge in [0.05, 0.1) is 0 Å². The zero-order valence-electron chi connectivity index (χ0n) is 11.7. The molecule has 1 N–H and O–H groups in total. The number of halogens is 3. The second-order valence-electron chi connectivity index (χ2n) is 5.20. The zero-order valence-corrected chi connectivity index (χ0v) is 11.7. The molecule has 1 aromatic rings. The van der Waals surface area contributed by atoms with Gasteiger partial charge in [0.15, 0.2) is 0 Å². The van der Waals surface area contributed by atoms with E-state index in [1.54, 1.807) is 18.2 Å². The maximum Gasteiger partial charge on any atom is 0.407 e. The quantitative estimate of drug-likeness (QED) is 0.827. The highest BCUT2D eigenvalue weighted by molar-refractivity contribution is 5.20. The van der Waals surface area contributed by atoms with Crippen molar-refractivity contribution < 1.29 is 13.2 Å². The molecule has 1 atom stereocenters. The fourth-order valence-electron chi connectivity index (χ4n) is 2.46. The van der Waals surface area contributed by atoms with Crippen molar-refractivity contribution in [3.63, 3.8) is 0 Å². The Labute approximate surface area is 118 Å². The third kappa shape index (κ3) is 4.21. The van der Waals surface area contributed by atoms with Crippen molar-refractivity contribution in [1.29, 1.82) is 0 Å². The second kappa shape index (κ2) is 6.59. The molecule has 1 aliphatic carbocycles. The summed E-state index contributed by atoms with van der Waals surface area (Å²) in [4.78, 5) is 2.24. The summed E-state index contributed by atoms with van der Waals surface area (Å²) >= 11 is 0. The van der Waals surface area contributed by atoms with Crippen molar-refractivity contribution in [3.05, 3.63) is 35.9 Å². The van der Waals surface area contributed by atoms with Crippen molar-refractivity contribution in [2.45, 2.75) is 38.0 Å². The maximum atomic E-state index is 13.1. The predicted octanol–water partition coefficient (Wildman–Crippen LogP) is 3.36. The Morgan fingerprint density at radius 2 is 1.90 bits per heavy atom. The van der Waals surface area contributed by atoms with E-state index in [4.69, 9.17) is 0 Å². The van der Waals surface area contributed by atoms with Gasteiger partial charge in [-0.15, -0.1) is 0 Å². The average Bonchev–Trinajstić information content (AvgIpc) is 3.23. The molecule has 0 aromatic heterocycles. The summed E-state index contributed by atoms with van der Waals surface area (Å²) in [6.07, 6.45) is -1.91. The zero-order chi connectivity index (χ0) is 14.6. The van der Waals surface area contributed by atoms with Crippen LogP contribution >= 0.6 is 0 Å². The van der Waals surface area contributed by atoms with Gasteiger partial charge >= 0.3 is 6.18 Å². The lowest BCUT2D eigenvalue weighted by atomic mass is 10.1. The minimum Gasteiger partial charge on any atom is -0.301 e. The molecule has 2 rings (SSSR count). The minimum atomic E-state index is -4.27. The Hall–Kier alpha value is -1.07. The Bertz CT molecular complexity index is 401. The maximum absolute atomic E-state index is 13.1. The fourth-order valence-corrected chi connectivity index (χ4v) is 2.46. The summed E-state index contributed by atoms with van der Waals surface area (Å²) in [7, 11) is 0. The summed E-state index contributed by atoms with van der Waals surface area (Å²) in [6, 6.07) is 7.04. The van der Waals surface area contributed by atoms with Gasteiger partial charge in [-0.3, -0.25) is 4.90 Å². The summed E-state index contributed by atoms with van der Waals surface area (Å²) in [5.41, 5.74) is 0.273. The minimum absolute atomic E-state index is 0.273. The number of rotatable bonds is 7. The highest BCUT2D eigenvalue weighted by atomic mass is 19.4. The van der Waals surface area contributed by atoms with E-state index in [2.05, 4.69) is 17.1 Å². The van der Waals surface area contributed by atoms with Gasteiger partial charge in [0, 0.05) is 19.1 Å². The van der Waals surface area contributed by atoms with E-state index < -0.39 is 12.2 Å². The third-order valence-corrected chi connectivity index (χ3v) is 3.68. The monoisotopic (exact) mass is 286 g/mol. The molecule has 1 saturated carbocycles. The number of hydrogen-bond donors (Lipinski definition) is 1. The van der Waals surface area contributed by atoms with Gasteiger partial charge < -0.3 is 5.32 Å². The number of nitrogens with zero attached hydrogens (tertiary/aromatic N) is 1. The second-order valence-corrected chi connectivity index (χ2v) is 5.20. The molecule has 0 saturated heterocycles. The Morgan fingerprint density at radius 1 is 1.25 bits per heavy atom. The van der Waals surface area contributed by atoms with Gasteiger partial charge in [0.25, 0.3) is 0 Å². The molecule has 0 aliphatic heterocycles. The largest absolute Gasteiger partial charge is 0.407 e. The van der Waals surface area contributed by atoms with Crippen molar-refractivity contribution in [3.8, 4) is 0 Å². The van der Waals surface area contributed by atoms with Crippen LogP contribution < -0.4 is 5.32 Å². The molecular weight excluding hydrogens is 265 g/mol. The van der Waals surface area contributed by atoms with Crippen molar-refractivity contribution in [2.75, 3.05) is 19.6 Å². The SMILES string of the molecule is CCN(CCNC(c1ccccc1)C(F)(F)F)C1CC1. The molecule has 0 radical (unpaired) electrons. The van der Waals surface area contributed by atoms with Crippen molar-refractivity contribution in [1.82, 2.24) is 10.2 Å². The number of hydrogen-bond acceptors (Lipinski definition) is 2. The Kier molecular flexibility index (Phi) is 5.05. The van der Waals surface area contributed by atoms with E-state index in [0.29, 0.717) is 19.1 Å². The van der Waals surface area contributed by atoms with Gasteiger partial charge in [-0.2, -0.15) is 13.2 Å². The topological polar surface area (TPSA) is 15.3 Å². The first-order valence-corrected chi connectivity index (χ1v) is 7.11. The molecule has 1 fully saturated rings. The summed E-state index contributed by atoms with van der Waals surface area (Å²) in [6.45, 7) is 3.97. The van der Waals surface area contributed by atoms with Crippen LogP contribution in [0.4, 0.5) is 13.2 Å². The van der Waals surface area contributed by atoms with Gasteiger partial charge in [-0.25, -0.2) is 0 Å². The van der Waals surface area contributed by atoms with E-state index >= 15 is 0 Å². The molecule has 20 heavy (non-hydrogen) atoms. The highest BCUT2D eigenvalue weighted by Gasteiger charge is 2.40. The summed E-state index contributed by atoms with van der Waals surface area (Å²) in [5, 5.41) is 2.66. The lowest BCUT2D eigenvalue weighted by molar-refractivity contribution is -0.157. The van der Waals surface area contributed by atoms with Gasteiger partial charge in [-0.05, 0) is 24.9 Å². The molecule has 5 heteroatoms. The molecule has 112 valence electrons. The molecular formula is C15H21F3N2. The van der Waals surface area contributed by atoms with E-state index in [0.717, 1.165) is 6.54 Å². The predicted molar refractivity (Wildman–Crippen MR) is 73.5 cm³/mol. The Balaban J connectivity index is 1.91. The molecule has 1 unspecified atom stereocenters. The van der Waals surface area contributed by atoms with Crippen LogP contribution in [-0.2, 0) is 0 Å². The van der Waals surface area contributed by atoms with Crippen LogP contribution in [0.5, 0.6) is 0 Å². The first-order valence-electron chi connectivity index (χ1n) is 7.11. The van der Waals surface area contributed by atoms with Crippen LogP contribution in [0.25, 0.3) is 0 Å². The van der Waals surface area contributed by atoms with E-state index in [-0.39, 0.29) is 5.56 Å². The molecule has 0 amide bonds. The molecule has 1 aromatic carbocycles. The summed E-state index contributed by atoms with van der Waals surface area (Å²) in [5.74, 6) is 0. The molecule has 0 bridgehead atoms. The normalized spacial score (nSPS) is 17.4. The molecule has 2 nitrogen and oxygen atoms in total. The number of nitrogens with one attached hydrogen (secondary N) is 1. The number of benzene rings is 1. The van der Waals surface area contributed by atoms with Crippen LogP contribution in [0, 0.1) is 0 Å². The average molecular weight is 286 g/mol.